The zero-order valence-electron chi connectivity index (χ0n) is 14.8. The Kier molecular flexibility index (Phi) is 3.64. The highest BCUT2D eigenvalue weighted by Crippen LogP contribution is 2.44. The van der Waals surface area contributed by atoms with Gasteiger partial charge < -0.3 is 9.84 Å². The van der Waals surface area contributed by atoms with Gasteiger partial charge in [-0.15, -0.1) is 0 Å². The standard InChI is InChI=1S/C23H19NO3/c25-16-10-9-15-11-12-24(22(15)13-16)23(26)27-14-21-19-7-3-1-5-17(19)18-6-2-4-8-20(18)21/h1-10,13,21,25H,11-12,14H2. The van der Waals surface area contributed by atoms with Crippen molar-refractivity contribution in [2.24, 2.45) is 0 Å². The second-order valence-corrected chi connectivity index (χ2v) is 7.02. The van der Waals surface area contributed by atoms with Crippen LogP contribution in [0.1, 0.15) is 22.6 Å². The number of carbonyl (C=O) groups excluding carboxylic acids is 1. The molecule has 1 heterocycles. The van der Waals surface area contributed by atoms with Crippen molar-refractivity contribution >= 4 is 11.8 Å². The number of fused-ring (bicyclic) bond motifs is 4. The lowest BCUT2D eigenvalue weighted by Gasteiger charge is -2.20. The molecule has 5 rings (SSSR count). The number of phenols is 1. The summed E-state index contributed by atoms with van der Waals surface area (Å²) in [5, 5.41) is 9.74. The van der Waals surface area contributed by atoms with Gasteiger partial charge in [0.1, 0.15) is 12.4 Å². The molecule has 2 aliphatic rings. The number of ether oxygens (including phenoxy) is 1. The number of anilines is 1. The predicted octanol–water partition coefficient (Wildman–Crippen LogP) is 4.70. The second kappa shape index (κ2) is 6.16. The van der Waals surface area contributed by atoms with Crippen molar-refractivity contribution in [3.05, 3.63) is 83.4 Å². The van der Waals surface area contributed by atoms with Crippen molar-refractivity contribution in [2.45, 2.75) is 12.3 Å². The number of aromatic hydroxyl groups is 1. The molecule has 0 bridgehead atoms. The number of hydrogen-bond donors (Lipinski definition) is 1. The molecule has 0 fully saturated rings. The van der Waals surface area contributed by atoms with Crippen LogP contribution in [-0.4, -0.2) is 24.4 Å². The molecule has 134 valence electrons. The maximum Gasteiger partial charge on any atom is 0.414 e. The molecule has 1 amide bonds. The van der Waals surface area contributed by atoms with Gasteiger partial charge in [0.15, 0.2) is 0 Å². The van der Waals surface area contributed by atoms with Gasteiger partial charge in [-0.1, -0.05) is 54.6 Å². The van der Waals surface area contributed by atoms with Gasteiger partial charge in [-0.25, -0.2) is 4.79 Å². The van der Waals surface area contributed by atoms with Crippen LogP contribution >= 0.6 is 0 Å². The van der Waals surface area contributed by atoms with Gasteiger partial charge in [-0.05, 0) is 40.3 Å². The summed E-state index contributed by atoms with van der Waals surface area (Å²) in [5.74, 6) is 0.208. The number of amides is 1. The molecule has 0 atom stereocenters. The van der Waals surface area contributed by atoms with Gasteiger partial charge in [0.05, 0.1) is 5.69 Å². The molecule has 27 heavy (non-hydrogen) atoms. The number of rotatable bonds is 2. The molecular weight excluding hydrogens is 338 g/mol. The van der Waals surface area contributed by atoms with E-state index in [0.717, 1.165) is 17.7 Å². The first-order valence-corrected chi connectivity index (χ1v) is 9.17. The van der Waals surface area contributed by atoms with Crippen LogP contribution in [-0.2, 0) is 11.2 Å². The van der Waals surface area contributed by atoms with Gasteiger partial charge in [0.25, 0.3) is 0 Å². The largest absolute Gasteiger partial charge is 0.508 e. The normalized spacial score (nSPS) is 14.6. The first kappa shape index (κ1) is 15.9. The van der Waals surface area contributed by atoms with E-state index in [2.05, 4.69) is 24.3 Å². The molecule has 0 saturated heterocycles. The Morgan fingerprint density at radius 1 is 1.00 bits per heavy atom. The predicted molar refractivity (Wildman–Crippen MR) is 104 cm³/mol. The highest BCUT2D eigenvalue weighted by Gasteiger charge is 2.31. The summed E-state index contributed by atoms with van der Waals surface area (Å²) in [7, 11) is 0. The SMILES string of the molecule is O=C(OCC1c2ccccc2-c2ccccc21)N1CCc2ccc(O)cc21. The van der Waals surface area contributed by atoms with E-state index in [0.29, 0.717) is 13.2 Å². The van der Waals surface area contributed by atoms with Crippen LogP contribution in [0.5, 0.6) is 5.75 Å². The minimum atomic E-state index is -0.360. The van der Waals surface area contributed by atoms with Crippen molar-refractivity contribution in [3.63, 3.8) is 0 Å². The lowest BCUT2D eigenvalue weighted by atomic mass is 9.98. The monoisotopic (exact) mass is 357 g/mol. The Labute approximate surface area is 157 Å². The quantitative estimate of drug-likeness (QED) is 0.723. The number of benzene rings is 3. The molecule has 3 aromatic carbocycles. The van der Waals surface area contributed by atoms with E-state index < -0.39 is 0 Å². The fraction of sp³-hybridized carbons (Fsp3) is 0.174. The van der Waals surface area contributed by atoms with E-state index in [1.165, 1.54) is 22.3 Å². The van der Waals surface area contributed by atoms with Crippen molar-refractivity contribution in [3.8, 4) is 16.9 Å². The lowest BCUT2D eigenvalue weighted by Crippen LogP contribution is -2.30. The van der Waals surface area contributed by atoms with E-state index in [4.69, 9.17) is 4.74 Å². The second-order valence-electron chi connectivity index (χ2n) is 7.02. The van der Waals surface area contributed by atoms with Crippen molar-refractivity contribution in [2.75, 3.05) is 18.1 Å². The summed E-state index contributed by atoms with van der Waals surface area (Å²) in [5.41, 5.74) is 6.63. The molecule has 1 aliphatic heterocycles. The maximum atomic E-state index is 12.7. The maximum absolute atomic E-state index is 12.7. The summed E-state index contributed by atoms with van der Waals surface area (Å²) < 4.78 is 5.73. The number of hydrogen-bond acceptors (Lipinski definition) is 3. The Hall–Kier alpha value is -3.27. The van der Waals surface area contributed by atoms with Gasteiger partial charge >= 0.3 is 6.09 Å². The first-order valence-electron chi connectivity index (χ1n) is 9.17. The third-order valence-corrected chi connectivity index (χ3v) is 5.52. The Balaban J connectivity index is 1.38. The topological polar surface area (TPSA) is 49.8 Å². The van der Waals surface area contributed by atoms with Crippen molar-refractivity contribution in [1.82, 2.24) is 0 Å². The zero-order chi connectivity index (χ0) is 18.4. The molecule has 0 saturated carbocycles. The highest BCUT2D eigenvalue weighted by molar-refractivity contribution is 5.91. The van der Waals surface area contributed by atoms with E-state index in [-0.39, 0.29) is 17.8 Å². The molecule has 0 spiro atoms. The lowest BCUT2D eigenvalue weighted by molar-refractivity contribution is 0.151. The summed E-state index contributed by atoms with van der Waals surface area (Å²) in [4.78, 5) is 14.3. The number of phenolic OH excluding ortho intramolecular Hbond substituents is 1. The van der Waals surface area contributed by atoms with Crippen LogP contribution in [0.25, 0.3) is 11.1 Å². The fourth-order valence-corrected chi connectivity index (χ4v) is 4.23. The van der Waals surface area contributed by atoms with Crippen LogP contribution in [0, 0.1) is 0 Å². The van der Waals surface area contributed by atoms with Crippen molar-refractivity contribution in [1.29, 1.82) is 0 Å². The number of carbonyl (C=O) groups is 1. The Morgan fingerprint density at radius 2 is 1.67 bits per heavy atom. The summed E-state index contributed by atoms with van der Waals surface area (Å²) in [6, 6.07) is 21.7. The Bertz CT molecular complexity index is 998. The molecule has 4 nitrogen and oxygen atoms in total. The van der Waals surface area contributed by atoms with Gasteiger partial charge in [-0.3, -0.25) is 4.90 Å². The summed E-state index contributed by atoms with van der Waals surface area (Å²) >= 11 is 0. The van der Waals surface area contributed by atoms with E-state index in [9.17, 15) is 9.90 Å². The third kappa shape index (κ3) is 2.56. The van der Waals surface area contributed by atoms with E-state index >= 15 is 0 Å². The molecule has 0 radical (unpaired) electrons. The van der Waals surface area contributed by atoms with E-state index in [1.807, 2.05) is 30.3 Å². The van der Waals surface area contributed by atoms with Crippen LogP contribution in [0.2, 0.25) is 0 Å². The molecule has 1 N–H and O–H groups in total. The van der Waals surface area contributed by atoms with Crippen LogP contribution < -0.4 is 4.90 Å². The minimum Gasteiger partial charge on any atom is -0.508 e. The summed E-state index contributed by atoms with van der Waals surface area (Å²) in [6.07, 6.45) is 0.418. The molecule has 1 aliphatic carbocycles. The molecule has 4 heteroatoms. The van der Waals surface area contributed by atoms with Crippen LogP contribution in [0.4, 0.5) is 10.5 Å². The minimum absolute atomic E-state index is 0.0487. The van der Waals surface area contributed by atoms with Gasteiger partial charge in [-0.2, -0.15) is 0 Å². The summed E-state index contributed by atoms with van der Waals surface area (Å²) in [6.45, 7) is 0.882. The average Bonchev–Trinajstić information content (AvgIpc) is 3.25. The third-order valence-electron chi connectivity index (χ3n) is 5.52. The van der Waals surface area contributed by atoms with Crippen molar-refractivity contribution < 1.29 is 14.6 Å². The molecular formula is C23H19NO3. The number of nitrogens with zero attached hydrogens (tertiary/aromatic N) is 1. The highest BCUT2D eigenvalue weighted by atomic mass is 16.6. The fourth-order valence-electron chi connectivity index (χ4n) is 4.23. The van der Waals surface area contributed by atoms with Gasteiger partial charge in [0, 0.05) is 18.5 Å². The molecule has 0 aromatic heterocycles. The first-order chi connectivity index (χ1) is 13.2. The van der Waals surface area contributed by atoms with Crippen LogP contribution in [0.3, 0.4) is 0 Å². The van der Waals surface area contributed by atoms with Gasteiger partial charge in [0.2, 0.25) is 0 Å². The molecule has 0 unspecified atom stereocenters. The smallest absolute Gasteiger partial charge is 0.414 e. The van der Waals surface area contributed by atoms with Crippen LogP contribution in [0.15, 0.2) is 66.7 Å². The van der Waals surface area contributed by atoms with E-state index in [1.54, 1.807) is 17.0 Å². The molecule has 3 aromatic rings. The Morgan fingerprint density at radius 3 is 2.37 bits per heavy atom. The zero-order valence-corrected chi connectivity index (χ0v) is 14.8. The average molecular weight is 357 g/mol.